The summed E-state index contributed by atoms with van der Waals surface area (Å²) in [5.41, 5.74) is 4.60. The van der Waals surface area contributed by atoms with Crippen molar-refractivity contribution in [2.75, 3.05) is 19.8 Å². The van der Waals surface area contributed by atoms with Crippen LogP contribution >= 0.6 is 0 Å². The van der Waals surface area contributed by atoms with E-state index < -0.39 is 0 Å². The summed E-state index contributed by atoms with van der Waals surface area (Å²) in [4.78, 5) is 17.0. The molecule has 1 aliphatic heterocycles. The molecule has 1 aliphatic rings. The molecule has 0 radical (unpaired) electrons. The Morgan fingerprint density at radius 1 is 1.19 bits per heavy atom. The quantitative estimate of drug-likeness (QED) is 0.481. The molecule has 3 aromatic rings. The van der Waals surface area contributed by atoms with Gasteiger partial charge in [0.1, 0.15) is 17.7 Å². The molecule has 2 heterocycles. The number of imidazole rings is 1. The lowest BCUT2D eigenvalue weighted by Gasteiger charge is -2.12. The van der Waals surface area contributed by atoms with Crippen LogP contribution in [0.1, 0.15) is 42.6 Å². The van der Waals surface area contributed by atoms with E-state index in [1.165, 1.54) is 11.1 Å². The van der Waals surface area contributed by atoms with Crippen molar-refractivity contribution in [3.8, 4) is 5.75 Å². The third-order valence-corrected chi connectivity index (χ3v) is 5.82. The lowest BCUT2D eigenvalue weighted by Crippen LogP contribution is -2.34. The minimum atomic E-state index is -0.267. The number of hydrogen-bond donors (Lipinski definition) is 1. The topological polar surface area (TPSA) is 65.4 Å². The van der Waals surface area contributed by atoms with E-state index >= 15 is 0 Å². The summed E-state index contributed by atoms with van der Waals surface area (Å²) in [6.45, 7) is 7.02. The molecule has 4 rings (SSSR count). The highest BCUT2D eigenvalue weighted by Gasteiger charge is 2.22. The summed E-state index contributed by atoms with van der Waals surface area (Å²) in [7, 11) is 0. The van der Waals surface area contributed by atoms with Crippen LogP contribution in [0, 0.1) is 13.8 Å². The van der Waals surface area contributed by atoms with Crippen molar-refractivity contribution in [2.45, 2.75) is 58.6 Å². The molecule has 6 nitrogen and oxygen atoms in total. The molecule has 1 amide bonds. The van der Waals surface area contributed by atoms with Crippen LogP contribution < -0.4 is 10.1 Å². The Hall–Kier alpha value is -2.86. The monoisotopic (exact) mass is 435 g/mol. The van der Waals surface area contributed by atoms with Crippen LogP contribution in [0.2, 0.25) is 0 Å². The Morgan fingerprint density at radius 3 is 2.78 bits per heavy atom. The first-order valence-electron chi connectivity index (χ1n) is 11.6. The van der Waals surface area contributed by atoms with Gasteiger partial charge in [-0.15, -0.1) is 0 Å². The Kier molecular flexibility index (Phi) is 7.43. The van der Waals surface area contributed by atoms with Gasteiger partial charge in [-0.25, -0.2) is 4.98 Å². The Bertz CT molecular complexity index is 1030. The zero-order chi connectivity index (χ0) is 22.3. The Labute approximate surface area is 189 Å². The van der Waals surface area contributed by atoms with E-state index in [0.717, 1.165) is 61.3 Å². The lowest BCUT2D eigenvalue weighted by atomic mass is 10.1. The summed E-state index contributed by atoms with van der Waals surface area (Å²) < 4.78 is 13.7. The SMILES string of the molecule is Cc1cc(C)cc(OCCCn2c(CCCNC(=O)C3CCCO3)nc3ccccc32)c1. The molecule has 1 fully saturated rings. The average molecular weight is 436 g/mol. The van der Waals surface area contributed by atoms with Crippen molar-refractivity contribution in [1.82, 2.24) is 14.9 Å². The molecular formula is C26H33N3O3. The van der Waals surface area contributed by atoms with E-state index in [1.807, 2.05) is 6.07 Å². The van der Waals surface area contributed by atoms with Crippen LogP contribution in [0.5, 0.6) is 5.75 Å². The molecule has 0 bridgehead atoms. The first kappa shape index (κ1) is 22.3. The number of ether oxygens (including phenoxy) is 2. The van der Waals surface area contributed by atoms with Gasteiger partial charge >= 0.3 is 0 Å². The molecule has 170 valence electrons. The predicted octanol–water partition coefficient (Wildman–Crippen LogP) is 4.35. The molecule has 1 unspecified atom stereocenters. The third kappa shape index (κ3) is 5.68. The summed E-state index contributed by atoms with van der Waals surface area (Å²) in [5.74, 6) is 2.00. The van der Waals surface area contributed by atoms with E-state index in [4.69, 9.17) is 14.5 Å². The molecular weight excluding hydrogens is 402 g/mol. The van der Waals surface area contributed by atoms with E-state index in [1.54, 1.807) is 0 Å². The molecule has 1 saturated heterocycles. The molecule has 1 atom stereocenters. The maximum atomic E-state index is 12.1. The number of aryl methyl sites for hydroxylation is 4. The standard InChI is InChI=1S/C26H33N3O3/c1-19-16-20(2)18-21(17-19)31-15-7-13-29-23-9-4-3-8-22(23)28-25(29)11-5-12-27-26(30)24-10-6-14-32-24/h3-4,8-9,16-18,24H,5-7,10-15H2,1-2H3,(H,27,30). The van der Waals surface area contributed by atoms with Gasteiger partial charge in [0.25, 0.3) is 0 Å². The van der Waals surface area contributed by atoms with Crippen molar-refractivity contribution in [3.05, 3.63) is 59.4 Å². The van der Waals surface area contributed by atoms with E-state index in [0.29, 0.717) is 19.8 Å². The van der Waals surface area contributed by atoms with Crippen molar-refractivity contribution < 1.29 is 14.3 Å². The first-order chi connectivity index (χ1) is 15.6. The van der Waals surface area contributed by atoms with Gasteiger partial charge < -0.3 is 19.4 Å². The van der Waals surface area contributed by atoms with Gasteiger partial charge in [0.2, 0.25) is 5.91 Å². The summed E-state index contributed by atoms with van der Waals surface area (Å²) in [5, 5.41) is 3.01. The number of nitrogens with zero attached hydrogens (tertiary/aromatic N) is 2. The second kappa shape index (κ2) is 10.6. The Morgan fingerprint density at radius 2 is 2.00 bits per heavy atom. The number of aromatic nitrogens is 2. The number of nitrogens with one attached hydrogen (secondary N) is 1. The molecule has 6 heteroatoms. The lowest BCUT2D eigenvalue weighted by molar-refractivity contribution is -0.130. The number of rotatable bonds is 10. The number of carbonyl (C=O) groups is 1. The number of amides is 1. The smallest absolute Gasteiger partial charge is 0.249 e. The fourth-order valence-electron chi connectivity index (χ4n) is 4.35. The molecule has 32 heavy (non-hydrogen) atoms. The minimum Gasteiger partial charge on any atom is -0.494 e. The number of carbonyl (C=O) groups excluding carboxylic acids is 1. The molecule has 2 aromatic carbocycles. The second-order valence-corrected chi connectivity index (χ2v) is 8.59. The molecule has 1 N–H and O–H groups in total. The minimum absolute atomic E-state index is 0.0135. The maximum absolute atomic E-state index is 12.1. The highest BCUT2D eigenvalue weighted by molar-refractivity contribution is 5.80. The molecule has 1 aromatic heterocycles. The van der Waals surface area contributed by atoms with E-state index in [2.05, 4.69) is 60.1 Å². The van der Waals surface area contributed by atoms with Gasteiger partial charge in [-0.3, -0.25) is 4.79 Å². The summed E-state index contributed by atoms with van der Waals surface area (Å²) >= 11 is 0. The van der Waals surface area contributed by atoms with Crippen LogP contribution in [0.25, 0.3) is 11.0 Å². The van der Waals surface area contributed by atoms with E-state index in [-0.39, 0.29) is 12.0 Å². The van der Waals surface area contributed by atoms with Gasteiger partial charge in [0, 0.05) is 26.1 Å². The van der Waals surface area contributed by atoms with Gasteiger partial charge in [-0.2, -0.15) is 0 Å². The fraction of sp³-hybridized carbons (Fsp3) is 0.462. The predicted molar refractivity (Wildman–Crippen MR) is 126 cm³/mol. The molecule has 0 saturated carbocycles. The van der Waals surface area contributed by atoms with Gasteiger partial charge in [0.05, 0.1) is 17.6 Å². The normalized spacial score (nSPS) is 15.9. The van der Waals surface area contributed by atoms with Crippen LogP contribution in [0.15, 0.2) is 42.5 Å². The van der Waals surface area contributed by atoms with Crippen LogP contribution in [-0.2, 0) is 22.5 Å². The number of fused-ring (bicyclic) bond motifs is 1. The van der Waals surface area contributed by atoms with Crippen molar-refractivity contribution >= 4 is 16.9 Å². The van der Waals surface area contributed by atoms with Crippen LogP contribution in [0.4, 0.5) is 0 Å². The Balaban J connectivity index is 1.32. The number of para-hydroxylation sites is 2. The summed E-state index contributed by atoms with van der Waals surface area (Å²) in [6, 6.07) is 14.6. The number of benzene rings is 2. The van der Waals surface area contributed by atoms with Gasteiger partial charge in [-0.1, -0.05) is 18.2 Å². The first-order valence-corrected chi connectivity index (χ1v) is 11.6. The van der Waals surface area contributed by atoms with Crippen LogP contribution in [-0.4, -0.2) is 41.3 Å². The van der Waals surface area contributed by atoms with Crippen molar-refractivity contribution in [2.24, 2.45) is 0 Å². The second-order valence-electron chi connectivity index (χ2n) is 8.59. The maximum Gasteiger partial charge on any atom is 0.249 e. The zero-order valence-corrected chi connectivity index (χ0v) is 19.1. The molecule has 0 spiro atoms. The van der Waals surface area contributed by atoms with E-state index in [9.17, 15) is 4.79 Å². The average Bonchev–Trinajstić information content (AvgIpc) is 3.42. The number of hydrogen-bond acceptors (Lipinski definition) is 4. The fourth-order valence-corrected chi connectivity index (χ4v) is 4.35. The van der Waals surface area contributed by atoms with Gasteiger partial charge in [-0.05, 0) is 74.9 Å². The highest BCUT2D eigenvalue weighted by Crippen LogP contribution is 2.19. The zero-order valence-electron chi connectivity index (χ0n) is 19.1. The molecule has 0 aliphatic carbocycles. The largest absolute Gasteiger partial charge is 0.494 e. The third-order valence-electron chi connectivity index (χ3n) is 5.82. The van der Waals surface area contributed by atoms with Crippen molar-refractivity contribution in [3.63, 3.8) is 0 Å². The summed E-state index contributed by atoms with van der Waals surface area (Å²) in [6.07, 6.45) is 4.09. The van der Waals surface area contributed by atoms with Crippen molar-refractivity contribution in [1.29, 1.82) is 0 Å². The van der Waals surface area contributed by atoms with Gasteiger partial charge in [0.15, 0.2) is 0 Å². The van der Waals surface area contributed by atoms with Crippen LogP contribution in [0.3, 0.4) is 0 Å². The highest BCUT2D eigenvalue weighted by atomic mass is 16.5.